The molecule has 4 amide bonds. The quantitative estimate of drug-likeness (QED) is 0.207. The van der Waals surface area contributed by atoms with Gasteiger partial charge in [0.05, 0.1) is 37.7 Å². The Morgan fingerprint density at radius 3 is 1.35 bits per heavy atom. The molecule has 0 saturated heterocycles. The highest BCUT2D eigenvalue weighted by Crippen LogP contribution is 2.39. The zero-order chi connectivity index (χ0) is 35.1. The lowest BCUT2D eigenvalue weighted by molar-refractivity contribution is 0.0507. The zero-order valence-electron chi connectivity index (χ0n) is 28.3. The highest BCUT2D eigenvalue weighted by atomic mass is 32.2. The Hall–Kier alpha value is -4.89. The van der Waals surface area contributed by atoms with Crippen molar-refractivity contribution in [3.05, 3.63) is 124 Å². The third kappa shape index (κ3) is 5.17. The van der Waals surface area contributed by atoms with Crippen LogP contribution in [0.25, 0.3) is 0 Å². The fourth-order valence-electron chi connectivity index (χ4n) is 6.31. The molecule has 6 rings (SSSR count). The van der Waals surface area contributed by atoms with Crippen LogP contribution in [0.2, 0.25) is 0 Å². The number of carbonyl (C=O) groups is 4. The molecular weight excluding hydrogens is 625 g/mol. The number of anilines is 1. The second-order valence-electron chi connectivity index (χ2n) is 15.0. The number of carbonyl (C=O) groups excluding carboxylic acids is 4. The van der Waals surface area contributed by atoms with Crippen molar-refractivity contribution in [2.24, 2.45) is 0 Å². The Morgan fingerprint density at radius 2 is 0.875 bits per heavy atom. The van der Waals surface area contributed by atoms with Crippen molar-refractivity contribution < 1.29 is 27.6 Å². The lowest BCUT2D eigenvalue weighted by Crippen LogP contribution is -2.45. The Bertz CT molecular complexity index is 2150. The molecule has 0 saturated carbocycles. The number of nitrogens with zero attached hydrogens (tertiary/aromatic N) is 2. The molecule has 0 N–H and O–H groups in total. The summed E-state index contributed by atoms with van der Waals surface area (Å²) in [5.74, 6) is -1.69. The Balaban J connectivity index is 1.27. The molecule has 0 aromatic heterocycles. The van der Waals surface area contributed by atoms with Crippen LogP contribution in [0.3, 0.4) is 0 Å². The number of hydrogen-bond acceptors (Lipinski definition) is 6. The number of benzene rings is 4. The number of hydrogen-bond donors (Lipinski definition) is 0. The zero-order valence-corrected chi connectivity index (χ0v) is 29.2. The van der Waals surface area contributed by atoms with Gasteiger partial charge in [-0.05, 0) is 104 Å². The highest BCUT2D eigenvalue weighted by Gasteiger charge is 2.43. The van der Waals surface area contributed by atoms with Crippen molar-refractivity contribution in [2.45, 2.75) is 81.5 Å². The van der Waals surface area contributed by atoms with E-state index in [9.17, 15) is 27.6 Å². The molecule has 0 spiro atoms. The Kier molecular flexibility index (Phi) is 7.44. The van der Waals surface area contributed by atoms with Gasteiger partial charge >= 0.3 is 0 Å². The van der Waals surface area contributed by atoms with Gasteiger partial charge in [0, 0.05) is 11.0 Å². The average Bonchev–Trinajstić information content (AvgIpc) is 3.44. The second kappa shape index (κ2) is 10.8. The molecule has 4 aromatic rings. The summed E-state index contributed by atoms with van der Waals surface area (Å²) in [5.41, 5.74) is 2.47. The van der Waals surface area contributed by atoms with E-state index >= 15 is 0 Å². The van der Waals surface area contributed by atoms with E-state index in [0.29, 0.717) is 11.1 Å². The van der Waals surface area contributed by atoms with Crippen LogP contribution >= 0.6 is 0 Å². The molecule has 0 unspecified atom stereocenters. The first kappa shape index (κ1) is 33.0. The van der Waals surface area contributed by atoms with Gasteiger partial charge < -0.3 is 0 Å². The number of fused-ring (bicyclic) bond motifs is 2. The summed E-state index contributed by atoms with van der Waals surface area (Å²) in [5, 5.41) is 0. The molecule has 0 bridgehead atoms. The van der Waals surface area contributed by atoms with Crippen LogP contribution in [0.1, 0.15) is 114 Å². The standard InChI is InChI=1S/C39H38N2O6S/c1-37(2,3)23-9-15-27(16-10-23)48(46,47)28-17-13-26(14-18-28)40-33(42)29-19-11-24(21-31(29)34(40)43)39(7,8)25-12-20-30-32(22-25)36(45)41(35(30)44)38(4,5)6/h9-22H,1-8H3. The highest BCUT2D eigenvalue weighted by molar-refractivity contribution is 7.91. The molecule has 2 aliphatic rings. The first-order valence-corrected chi connectivity index (χ1v) is 17.3. The van der Waals surface area contributed by atoms with Crippen molar-refractivity contribution in [3.8, 4) is 0 Å². The summed E-state index contributed by atoms with van der Waals surface area (Å²) >= 11 is 0. The summed E-state index contributed by atoms with van der Waals surface area (Å²) in [7, 11) is -3.82. The minimum Gasteiger partial charge on any atom is -0.269 e. The van der Waals surface area contributed by atoms with E-state index in [1.54, 1.807) is 54.6 Å². The molecule has 0 fully saturated rings. The minimum atomic E-state index is -3.82. The lowest BCUT2D eigenvalue weighted by atomic mass is 9.76. The van der Waals surface area contributed by atoms with E-state index in [4.69, 9.17) is 0 Å². The number of rotatable bonds is 5. The molecule has 2 aliphatic heterocycles. The largest absolute Gasteiger partial charge is 0.269 e. The van der Waals surface area contributed by atoms with Crippen LogP contribution in [0.15, 0.2) is 94.7 Å². The molecule has 48 heavy (non-hydrogen) atoms. The molecule has 246 valence electrons. The van der Waals surface area contributed by atoms with Crippen LogP contribution in [-0.4, -0.2) is 42.5 Å². The maximum absolute atomic E-state index is 13.7. The fourth-order valence-corrected chi connectivity index (χ4v) is 7.58. The first-order valence-electron chi connectivity index (χ1n) is 15.8. The van der Waals surface area contributed by atoms with E-state index < -0.39 is 32.6 Å². The molecular formula is C39H38N2O6S. The van der Waals surface area contributed by atoms with E-state index in [2.05, 4.69) is 20.8 Å². The van der Waals surface area contributed by atoms with Gasteiger partial charge in [0.1, 0.15) is 0 Å². The van der Waals surface area contributed by atoms with Gasteiger partial charge in [0.2, 0.25) is 9.84 Å². The monoisotopic (exact) mass is 662 g/mol. The lowest BCUT2D eigenvalue weighted by Gasteiger charge is -2.29. The molecule has 9 heteroatoms. The summed E-state index contributed by atoms with van der Waals surface area (Å²) in [6, 6.07) is 22.9. The molecule has 0 radical (unpaired) electrons. The van der Waals surface area contributed by atoms with E-state index in [1.807, 2.05) is 40.7 Å². The van der Waals surface area contributed by atoms with Crippen LogP contribution in [0, 0.1) is 0 Å². The van der Waals surface area contributed by atoms with Gasteiger partial charge in [-0.1, -0.05) is 58.9 Å². The van der Waals surface area contributed by atoms with Gasteiger partial charge in [0.25, 0.3) is 23.6 Å². The second-order valence-corrected chi connectivity index (χ2v) is 16.9. The van der Waals surface area contributed by atoms with Crippen LogP contribution < -0.4 is 4.90 Å². The summed E-state index contributed by atoms with van der Waals surface area (Å²) in [6.45, 7) is 15.5. The van der Waals surface area contributed by atoms with Gasteiger partial charge in [-0.25, -0.2) is 13.3 Å². The minimum absolute atomic E-state index is 0.0514. The van der Waals surface area contributed by atoms with E-state index in [0.717, 1.165) is 21.6 Å². The molecule has 0 atom stereocenters. The van der Waals surface area contributed by atoms with Crippen molar-refractivity contribution in [2.75, 3.05) is 4.90 Å². The third-order valence-electron chi connectivity index (χ3n) is 9.32. The maximum atomic E-state index is 13.7. The Morgan fingerprint density at radius 1 is 0.479 bits per heavy atom. The van der Waals surface area contributed by atoms with Gasteiger partial charge in [0.15, 0.2) is 0 Å². The number of imide groups is 2. The smallest absolute Gasteiger partial charge is 0.266 e. The van der Waals surface area contributed by atoms with Crippen molar-refractivity contribution in [1.82, 2.24) is 4.90 Å². The Labute approximate surface area is 281 Å². The summed E-state index contributed by atoms with van der Waals surface area (Å²) < 4.78 is 26.7. The first-order chi connectivity index (χ1) is 22.2. The fraction of sp³-hybridized carbons (Fsp3) is 0.282. The van der Waals surface area contributed by atoms with Crippen LogP contribution in [-0.2, 0) is 20.7 Å². The third-order valence-corrected chi connectivity index (χ3v) is 11.1. The average molecular weight is 663 g/mol. The van der Waals surface area contributed by atoms with Crippen molar-refractivity contribution in [1.29, 1.82) is 0 Å². The van der Waals surface area contributed by atoms with Crippen LogP contribution in [0.4, 0.5) is 5.69 Å². The predicted molar refractivity (Wildman–Crippen MR) is 183 cm³/mol. The predicted octanol–water partition coefficient (Wildman–Crippen LogP) is 7.34. The number of sulfone groups is 1. The van der Waals surface area contributed by atoms with Gasteiger partial charge in [-0.3, -0.25) is 24.1 Å². The van der Waals surface area contributed by atoms with Crippen molar-refractivity contribution >= 4 is 39.2 Å². The SMILES string of the molecule is CC(C)(C)c1ccc(S(=O)(=O)c2ccc(N3C(=O)c4ccc(C(C)(C)c5ccc6c(c5)C(=O)N(C(C)(C)C)C6=O)cc4C3=O)cc2)cc1. The van der Waals surface area contributed by atoms with Crippen LogP contribution in [0.5, 0.6) is 0 Å². The van der Waals surface area contributed by atoms with E-state index in [-0.39, 0.29) is 43.8 Å². The molecule has 4 aromatic carbocycles. The van der Waals surface area contributed by atoms with Gasteiger partial charge in [-0.2, -0.15) is 0 Å². The molecule has 8 nitrogen and oxygen atoms in total. The topological polar surface area (TPSA) is 109 Å². The normalized spacial score (nSPS) is 15.3. The summed E-state index contributed by atoms with van der Waals surface area (Å²) in [6.07, 6.45) is 0. The molecule has 2 heterocycles. The van der Waals surface area contributed by atoms with Gasteiger partial charge in [-0.15, -0.1) is 0 Å². The molecule has 0 aliphatic carbocycles. The summed E-state index contributed by atoms with van der Waals surface area (Å²) in [4.78, 5) is 56.0. The number of amides is 4. The van der Waals surface area contributed by atoms with E-state index in [1.165, 1.54) is 29.2 Å². The maximum Gasteiger partial charge on any atom is 0.266 e. The van der Waals surface area contributed by atoms with Crippen molar-refractivity contribution in [3.63, 3.8) is 0 Å².